The Morgan fingerprint density at radius 1 is 1.11 bits per heavy atom. The Bertz CT molecular complexity index is 484. The summed E-state index contributed by atoms with van der Waals surface area (Å²) in [5.74, 6) is 0.133. The van der Waals surface area contributed by atoms with E-state index in [0.717, 1.165) is 5.70 Å². The molecule has 3 aliphatic rings. The summed E-state index contributed by atoms with van der Waals surface area (Å²) in [7, 11) is -0.233. The molecule has 2 aliphatic heterocycles. The van der Waals surface area contributed by atoms with E-state index in [2.05, 4.69) is 38.8 Å². The molecule has 0 radical (unpaired) electrons. The van der Waals surface area contributed by atoms with Crippen LogP contribution >= 0.6 is 0 Å². The number of allylic oxidation sites excluding steroid dienone is 5. The molecule has 1 fully saturated rings. The van der Waals surface area contributed by atoms with Crippen molar-refractivity contribution in [2.75, 3.05) is 0 Å². The average molecular weight is 243 g/mol. The molecule has 3 nitrogen and oxygen atoms in total. The van der Waals surface area contributed by atoms with Crippen LogP contribution in [0.4, 0.5) is 0 Å². The summed E-state index contributed by atoms with van der Waals surface area (Å²) in [5.41, 5.74) is 1.65. The van der Waals surface area contributed by atoms with Crippen LogP contribution in [-0.4, -0.2) is 24.5 Å². The summed E-state index contributed by atoms with van der Waals surface area (Å²) in [6, 6.07) is 0. The Balaban J connectivity index is 1.87. The van der Waals surface area contributed by atoms with Gasteiger partial charge in [0, 0.05) is 12.0 Å². The van der Waals surface area contributed by atoms with Gasteiger partial charge >= 0.3 is 7.12 Å². The Hall–Kier alpha value is -1.13. The molecule has 0 aromatic rings. The van der Waals surface area contributed by atoms with Crippen LogP contribution in [0, 0.1) is 0 Å². The standard InChI is InChI=1S/C14H18BNO2/c1-13(2)14(3,4)18-15(17-13)11-6-5-7-12-10(11)8-9-16-12/h5-9,11H,1-4H3/t11-/m1/s1. The van der Waals surface area contributed by atoms with Crippen LogP contribution < -0.4 is 0 Å². The SMILES string of the molecule is CC1(C)OB([C@@H]2C=CC=C3N=CC=C32)OC1(C)C. The maximum absolute atomic E-state index is 6.11. The Morgan fingerprint density at radius 3 is 2.44 bits per heavy atom. The molecule has 3 rings (SSSR count). The number of nitrogens with zero attached hydrogens (tertiary/aromatic N) is 1. The van der Waals surface area contributed by atoms with Gasteiger partial charge in [0.25, 0.3) is 0 Å². The van der Waals surface area contributed by atoms with E-state index < -0.39 is 0 Å². The maximum atomic E-state index is 6.11. The van der Waals surface area contributed by atoms with Gasteiger partial charge < -0.3 is 9.31 Å². The number of fused-ring (bicyclic) bond motifs is 1. The molecule has 4 heteroatoms. The third-order valence-electron chi connectivity index (χ3n) is 4.26. The minimum atomic E-state index is -0.285. The Kier molecular flexibility index (Phi) is 2.44. The van der Waals surface area contributed by atoms with Gasteiger partial charge in [0.2, 0.25) is 0 Å². The minimum Gasteiger partial charge on any atom is -0.403 e. The van der Waals surface area contributed by atoms with Crippen molar-refractivity contribution < 1.29 is 9.31 Å². The average Bonchev–Trinajstić information content (AvgIpc) is 2.81. The smallest absolute Gasteiger partial charge is 0.403 e. The van der Waals surface area contributed by atoms with Crippen LogP contribution in [0.1, 0.15) is 27.7 Å². The van der Waals surface area contributed by atoms with Gasteiger partial charge in [-0.05, 0) is 45.4 Å². The highest BCUT2D eigenvalue weighted by Gasteiger charge is 2.54. The summed E-state index contributed by atoms with van der Waals surface area (Å²) in [6.45, 7) is 8.32. The molecule has 1 saturated heterocycles. The van der Waals surface area contributed by atoms with Crippen molar-refractivity contribution in [1.29, 1.82) is 0 Å². The zero-order chi connectivity index (χ0) is 13.0. The molecule has 94 valence electrons. The first-order valence-electron chi connectivity index (χ1n) is 6.39. The molecule has 0 spiro atoms. The third-order valence-corrected chi connectivity index (χ3v) is 4.26. The molecule has 0 aromatic carbocycles. The van der Waals surface area contributed by atoms with Crippen LogP contribution in [0.3, 0.4) is 0 Å². The topological polar surface area (TPSA) is 30.8 Å². The van der Waals surface area contributed by atoms with Gasteiger partial charge in [0.05, 0.1) is 16.9 Å². The second-order valence-electron chi connectivity index (χ2n) is 5.99. The number of hydrogen-bond donors (Lipinski definition) is 0. The van der Waals surface area contributed by atoms with E-state index in [9.17, 15) is 0 Å². The van der Waals surface area contributed by atoms with E-state index in [-0.39, 0.29) is 24.1 Å². The first-order valence-corrected chi connectivity index (χ1v) is 6.39. The third kappa shape index (κ3) is 1.63. The van der Waals surface area contributed by atoms with E-state index >= 15 is 0 Å². The first-order chi connectivity index (χ1) is 8.41. The normalized spacial score (nSPS) is 31.3. The monoisotopic (exact) mass is 243 g/mol. The van der Waals surface area contributed by atoms with Gasteiger partial charge in [-0.1, -0.05) is 12.2 Å². The summed E-state index contributed by atoms with van der Waals surface area (Å²) < 4.78 is 12.2. The molecule has 0 amide bonds. The van der Waals surface area contributed by atoms with E-state index in [1.165, 1.54) is 5.57 Å². The van der Waals surface area contributed by atoms with E-state index in [4.69, 9.17) is 9.31 Å². The zero-order valence-corrected chi connectivity index (χ0v) is 11.3. The lowest BCUT2D eigenvalue weighted by Crippen LogP contribution is -2.41. The quantitative estimate of drug-likeness (QED) is 0.663. The zero-order valence-electron chi connectivity index (χ0n) is 11.3. The van der Waals surface area contributed by atoms with Crippen molar-refractivity contribution in [3.05, 3.63) is 35.6 Å². The predicted octanol–water partition coefficient (Wildman–Crippen LogP) is 2.91. The maximum Gasteiger partial charge on any atom is 0.469 e. The van der Waals surface area contributed by atoms with Crippen LogP contribution in [0.5, 0.6) is 0 Å². The van der Waals surface area contributed by atoms with Gasteiger partial charge in [-0.15, -0.1) is 0 Å². The van der Waals surface area contributed by atoms with Gasteiger partial charge in [0.15, 0.2) is 0 Å². The van der Waals surface area contributed by atoms with Crippen molar-refractivity contribution in [3.8, 4) is 0 Å². The minimum absolute atomic E-state index is 0.133. The second-order valence-corrected chi connectivity index (χ2v) is 5.99. The van der Waals surface area contributed by atoms with Gasteiger partial charge in [-0.2, -0.15) is 0 Å². The largest absolute Gasteiger partial charge is 0.469 e. The highest BCUT2D eigenvalue weighted by Crippen LogP contribution is 2.45. The van der Waals surface area contributed by atoms with E-state index in [1.807, 2.05) is 24.4 Å². The molecule has 2 heterocycles. The van der Waals surface area contributed by atoms with Crippen LogP contribution in [-0.2, 0) is 9.31 Å². The molecule has 0 N–H and O–H groups in total. The lowest BCUT2D eigenvalue weighted by Gasteiger charge is -2.32. The van der Waals surface area contributed by atoms with Crippen molar-refractivity contribution >= 4 is 13.3 Å². The van der Waals surface area contributed by atoms with Crippen LogP contribution in [0.25, 0.3) is 0 Å². The summed E-state index contributed by atoms with van der Waals surface area (Å²) in [6.07, 6.45) is 10.1. The predicted molar refractivity (Wildman–Crippen MR) is 73.6 cm³/mol. The number of rotatable bonds is 1. The molecular formula is C14H18BNO2. The molecule has 0 bridgehead atoms. The lowest BCUT2D eigenvalue weighted by molar-refractivity contribution is 0.00578. The second kappa shape index (κ2) is 3.68. The van der Waals surface area contributed by atoms with Gasteiger partial charge in [0.1, 0.15) is 0 Å². The molecular weight excluding hydrogens is 225 g/mol. The summed E-state index contributed by atoms with van der Waals surface area (Å²) in [5, 5.41) is 0. The summed E-state index contributed by atoms with van der Waals surface area (Å²) in [4.78, 5) is 4.33. The fourth-order valence-electron chi connectivity index (χ4n) is 2.42. The fraction of sp³-hybridized carbons (Fsp3) is 0.500. The Labute approximate surface area is 108 Å². The Morgan fingerprint density at radius 2 is 1.78 bits per heavy atom. The number of hydrogen-bond acceptors (Lipinski definition) is 3. The highest BCUT2D eigenvalue weighted by atomic mass is 16.7. The summed E-state index contributed by atoms with van der Waals surface area (Å²) >= 11 is 0. The highest BCUT2D eigenvalue weighted by molar-refractivity contribution is 6.49. The molecule has 18 heavy (non-hydrogen) atoms. The van der Waals surface area contributed by atoms with Crippen molar-refractivity contribution in [1.82, 2.24) is 0 Å². The van der Waals surface area contributed by atoms with Crippen molar-refractivity contribution in [2.24, 2.45) is 4.99 Å². The van der Waals surface area contributed by atoms with E-state index in [1.54, 1.807) is 0 Å². The molecule has 1 aliphatic carbocycles. The lowest BCUT2D eigenvalue weighted by atomic mass is 9.65. The molecule has 0 saturated carbocycles. The van der Waals surface area contributed by atoms with Crippen molar-refractivity contribution in [2.45, 2.75) is 44.7 Å². The van der Waals surface area contributed by atoms with E-state index in [0.29, 0.717) is 0 Å². The van der Waals surface area contributed by atoms with Crippen LogP contribution in [0.15, 0.2) is 40.6 Å². The molecule has 1 atom stereocenters. The first kappa shape index (κ1) is 11.9. The molecule has 0 aromatic heterocycles. The fourth-order valence-corrected chi connectivity index (χ4v) is 2.42. The van der Waals surface area contributed by atoms with Crippen LogP contribution in [0.2, 0.25) is 5.82 Å². The van der Waals surface area contributed by atoms with Crippen molar-refractivity contribution in [3.63, 3.8) is 0 Å². The van der Waals surface area contributed by atoms with Gasteiger partial charge in [-0.25, -0.2) is 0 Å². The van der Waals surface area contributed by atoms with Gasteiger partial charge in [-0.3, -0.25) is 4.99 Å². The number of aliphatic imine (C=N–C) groups is 1. The molecule has 0 unspecified atom stereocenters.